The summed E-state index contributed by atoms with van der Waals surface area (Å²) < 4.78 is 5.02. The lowest BCUT2D eigenvalue weighted by atomic mass is 10.0. The minimum Gasteiger partial charge on any atom is -0.384 e. The van der Waals surface area contributed by atoms with Crippen molar-refractivity contribution in [2.45, 2.75) is 32.2 Å². The highest BCUT2D eigenvalue weighted by molar-refractivity contribution is 7.17. The first-order valence-corrected chi connectivity index (χ1v) is 10.9. The van der Waals surface area contributed by atoms with Gasteiger partial charge in [-0.05, 0) is 25.3 Å². The number of ether oxygens (including phenoxy) is 1. The summed E-state index contributed by atoms with van der Waals surface area (Å²) in [5.41, 5.74) is 2.34. The Morgan fingerprint density at radius 2 is 2.00 bits per heavy atom. The number of rotatable bonds is 6. The van der Waals surface area contributed by atoms with E-state index in [0.717, 1.165) is 47.8 Å². The lowest BCUT2D eigenvalue weighted by Crippen LogP contribution is -2.42. The Kier molecular flexibility index (Phi) is 6.06. The molecule has 1 aliphatic heterocycles. The molecule has 1 aromatic carbocycles. The summed E-state index contributed by atoms with van der Waals surface area (Å²) in [6.07, 6.45) is 2.28. The van der Waals surface area contributed by atoms with E-state index < -0.39 is 0 Å². The summed E-state index contributed by atoms with van der Waals surface area (Å²) in [6.45, 7) is 3.95. The van der Waals surface area contributed by atoms with E-state index in [1.54, 1.807) is 18.4 Å². The highest BCUT2D eigenvalue weighted by Crippen LogP contribution is 2.37. The molecule has 0 radical (unpaired) electrons. The van der Waals surface area contributed by atoms with Gasteiger partial charge in [0, 0.05) is 37.2 Å². The third-order valence-corrected chi connectivity index (χ3v) is 6.21. The van der Waals surface area contributed by atoms with E-state index >= 15 is 0 Å². The molecular weight excluding hydrogens is 384 g/mol. The van der Waals surface area contributed by atoms with Crippen molar-refractivity contribution < 1.29 is 9.53 Å². The van der Waals surface area contributed by atoms with Gasteiger partial charge in [-0.2, -0.15) is 0 Å². The number of anilines is 1. The van der Waals surface area contributed by atoms with Crippen LogP contribution in [0.1, 0.15) is 25.1 Å². The van der Waals surface area contributed by atoms with Crippen molar-refractivity contribution in [3.05, 3.63) is 41.5 Å². The van der Waals surface area contributed by atoms with Crippen molar-refractivity contribution in [3.8, 4) is 11.1 Å². The summed E-state index contributed by atoms with van der Waals surface area (Å²) in [6, 6.07) is 10.7. The van der Waals surface area contributed by atoms with Crippen LogP contribution in [0.4, 0.5) is 5.82 Å². The number of amides is 1. The second-order valence-electron chi connectivity index (χ2n) is 7.36. The molecule has 0 aliphatic carbocycles. The number of hydrogen-bond acceptors (Lipinski definition) is 6. The molecule has 1 aliphatic rings. The third-order valence-electron chi connectivity index (χ3n) is 5.34. The maximum atomic E-state index is 12.2. The maximum Gasteiger partial charge on any atom is 0.224 e. The third kappa shape index (κ3) is 4.41. The molecule has 3 aromatic rings. The zero-order valence-corrected chi connectivity index (χ0v) is 17.7. The molecule has 3 heterocycles. The van der Waals surface area contributed by atoms with Crippen LogP contribution in [0.3, 0.4) is 0 Å². The van der Waals surface area contributed by atoms with Gasteiger partial charge >= 0.3 is 0 Å². The topological polar surface area (TPSA) is 67.3 Å². The van der Waals surface area contributed by atoms with Crippen LogP contribution in [0.15, 0.2) is 35.7 Å². The number of piperidine rings is 1. The minimum atomic E-state index is 0.176. The van der Waals surface area contributed by atoms with E-state index in [4.69, 9.17) is 9.72 Å². The Morgan fingerprint density at radius 1 is 1.24 bits per heavy atom. The number of methoxy groups -OCH3 is 1. The summed E-state index contributed by atoms with van der Waals surface area (Å²) in [7, 11) is 1.63. The van der Waals surface area contributed by atoms with Crippen LogP contribution in [0.5, 0.6) is 0 Å². The van der Waals surface area contributed by atoms with Crippen LogP contribution in [0, 0.1) is 6.92 Å². The van der Waals surface area contributed by atoms with Crippen LogP contribution < -0.4 is 5.32 Å². The lowest BCUT2D eigenvalue weighted by molar-refractivity contribution is -0.133. The Morgan fingerprint density at radius 3 is 2.72 bits per heavy atom. The second kappa shape index (κ2) is 8.88. The zero-order chi connectivity index (χ0) is 20.2. The van der Waals surface area contributed by atoms with Gasteiger partial charge in [0.25, 0.3) is 0 Å². The van der Waals surface area contributed by atoms with Gasteiger partial charge < -0.3 is 15.0 Å². The number of carbonyl (C=O) groups excluding carboxylic acids is 1. The lowest BCUT2D eigenvalue weighted by Gasteiger charge is -2.33. The number of aryl methyl sites for hydroxylation is 1. The van der Waals surface area contributed by atoms with E-state index in [2.05, 4.69) is 39.9 Å². The molecule has 1 fully saturated rings. The highest BCUT2D eigenvalue weighted by Gasteiger charge is 2.24. The van der Waals surface area contributed by atoms with Crippen molar-refractivity contribution in [2.24, 2.45) is 0 Å². The Balaban J connectivity index is 1.53. The number of benzene rings is 1. The number of carbonyl (C=O) groups is 1. The molecule has 6 nitrogen and oxygen atoms in total. The maximum absolute atomic E-state index is 12.2. The van der Waals surface area contributed by atoms with Gasteiger partial charge in [-0.1, -0.05) is 30.3 Å². The molecule has 0 saturated carbocycles. The molecule has 0 unspecified atom stereocenters. The quantitative estimate of drug-likeness (QED) is 0.662. The van der Waals surface area contributed by atoms with Crippen molar-refractivity contribution in [1.82, 2.24) is 14.9 Å². The van der Waals surface area contributed by atoms with Crippen LogP contribution in [0.2, 0.25) is 0 Å². The first kappa shape index (κ1) is 19.8. The molecule has 1 amide bonds. The van der Waals surface area contributed by atoms with Gasteiger partial charge in [0.1, 0.15) is 16.5 Å². The molecule has 7 heteroatoms. The summed E-state index contributed by atoms with van der Waals surface area (Å²) in [4.78, 5) is 24.5. The Bertz CT molecular complexity index is 981. The van der Waals surface area contributed by atoms with Gasteiger partial charge in [0.15, 0.2) is 0 Å². The minimum absolute atomic E-state index is 0.176. The largest absolute Gasteiger partial charge is 0.384 e. The summed E-state index contributed by atoms with van der Waals surface area (Å²) >= 11 is 1.66. The summed E-state index contributed by atoms with van der Waals surface area (Å²) in [5.74, 6) is 1.85. The zero-order valence-electron chi connectivity index (χ0n) is 16.9. The van der Waals surface area contributed by atoms with Gasteiger partial charge in [-0.15, -0.1) is 11.3 Å². The predicted octanol–water partition coefficient (Wildman–Crippen LogP) is 4.11. The predicted molar refractivity (Wildman–Crippen MR) is 117 cm³/mol. The first-order chi connectivity index (χ1) is 14.2. The molecule has 0 bridgehead atoms. The molecule has 2 aromatic heterocycles. The van der Waals surface area contributed by atoms with E-state index in [1.165, 1.54) is 11.1 Å². The molecule has 4 rings (SSSR count). The van der Waals surface area contributed by atoms with Crippen molar-refractivity contribution >= 4 is 33.3 Å². The van der Waals surface area contributed by atoms with Crippen molar-refractivity contribution in [1.29, 1.82) is 0 Å². The molecule has 152 valence electrons. The van der Waals surface area contributed by atoms with Gasteiger partial charge in [-0.25, -0.2) is 9.97 Å². The van der Waals surface area contributed by atoms with Gasteiger partial charge in [-0.3, -0.25) is 4.79 Å². The monoisotopic (exact) mass is 410 g/mol. The van der Waals surface area contributed by atoms with E-state index in [9.17, 15) is 4.79 Å². The van der Waals surface area contributed by atoms with Crippen molar-refractivity contribution in [2.75, 3.05) is 32.1 Å². The summed E-state index contributed by atoms with van der Waals surface area (Å²) in [5, 5.41) is 6.91. The van der Waals surface area contributed by atoms with Crippen LogP contribution in [-0.4, -0.2) is 53.6 Å². The fraction of sp³-hybridized carbons (Fsp3) is 0.409. The molecule has 0 spiro atoms. The van der Waals surface area contributed by atoms with E-state index in [0.29, 0.717) is 19.1 Å². The SMILES string of the molecule is COCCC(=O)N1CCC(Nc2nc(C)nc3scc(-c4ccccc4)c23)CC1. The van der Waals surface area contributed by atoms with E-state index in [-0.39, 0.29) is 5.91 Å². The number of thiophene rings is 1. The number of nitrogens with one attached hydrogen (secondary N) is 1. The molecule has 1 N–H and O–H groups in total. The highest BCUT2D eigenvalue weighted by atomic mass is 32.1. The average Bonchev–Trinajstić information content (AvgIpc) is 3.17. The molecule has 1 saturated heterocycles. The van der Waals surface area contributed by atoms with E-state index in [1.807, 2.05) is 17.9 Å². The van der Waals surface area contributed by atoms with Crippen molar-refractivity contribution in [3.63, 3.8) is 0 Å². The number of fused-ring (bicyclic) bond motifs is 1. The fourth-order valence-corrected chi connectivity index (χ4v) is 4.79. The number of nitrogens with zero attached hydrogens (tertiary/aromatic N) is 3. The normalized spacial score (nSPS) is 15.0. The fourth-order valence-electron chi connectivity index (χ4n) is 3.80. The first-order valence-electron chi connectivity index (χ1n) is 10.00. The Hall–Kier alpha value is -2.51. The smallest absolute Gasteiger partial charge is 0.224 e. The van der Waals surface area contributed by atoms with Crippen LogP contribution in [-0.2, 0) is 9.53 Å². The number of aromatic nitrogens is 2. The van der Waals surface area contributed by atoms with Crippen LogP contribution >= 0.6 is 11.3 Å². The number of hydrogen-bond donors (Lipinski definition) is 1. The standard InChI is InChI=1S/C22H26N4O2S/c1-15-23-21(25-17-8-11-26(12-9-17)19(27)10-13-28-2)20-18(14-29-22(20)24-15)16-6-4-3-5-7-16/h3-7,14,17H,8-13H2,1-2H3,(H,23,24,25). The number of likely N-dealkylation sites (tertiary alicyclic amines) is 1. The second-order valence-corrected chi connectivity index (χ2v) is 8.22. The van der Waals surface area contributed by atoms with Crippen LogP contribution in [0.25, 0.3) is 21.3 Å². The van der Waals surface area contributed by atoms with Gasteiger partial charge in [0.05, 0.1) is 18.4 Å². The molecule has 0 atom stereocenters. The molecular formula is C22H26N4O2S. The molecule has 29 heavy (non-hydrogen) atoms. The van der Waals surface area contributed by atoms with Gasteiger partial charge in [0.2, 0.25) is 5.91 Å². The Labute approximate surface area is 174 Å². The average molecular weight is 411 g/mol.